The molecule has 0 aromatic carbocycles. The maximum Gasteiger partial charge on any atom is 0.335 e. The van der Waals surface area contributed by atoms with Gasteiger partial charge in [0.25, 0.3) is 0 Å². The molecule has 2 aliphatic rings. The van der Waals surface area contributed by atoms with Crippen LogP contribution in [0.2, 0.25) is 0 Å². The van der Waals surface area contributed by atoms with Gasteiger partial charge in [-0.3, -0.25) is 4.79 Å². The number of carboxylic acids is 1. The van der Waals surface area contributed by atoms with E-state index in [-0.39, 0.29) is 0 Å². The Balaban J connectivity index is 2.26. The van der Waals surface area contributed by atoms with Crippen molar-refractivity contribution in [1.29, 1.82) is 0 Å². The molecule has 2 aliphatic heterocycles. The minimum atomic E-state index is -1.70. The maximum atomic E-state index is 11.5. The summed E-state index contributed by atoms with van der Waals surface area (Å²) in [5.41, 5.74) is 0. The number of aliphatic carboxylic acids is 1. The van der Waals surface area contributed by atoms with E-state index in [0.717, 1.165) is 7.11 Å². The van der Waals surface area contributed by atoms with Crippen LogP contribution >= 0.6 is 0 Å². The summed E-state index contributed by atoms with van der Waals surface area (Å²) in [5.74, 6) is -1.89. The van der Waals surface area contributed by atoms with Crippen molar-refractivity contribution >= 4 is 11.9 Å². The largest absolute Gasteiger partial charge is 0.479 e. The summed E-state index contributed by atoms with van der Waals surface area (Å²) < 4.78 is 21.2. The monoisotopic (exact) mass is 409 g/mol. The second kappa shape index (κ2) is 9.41. The zero-order chi connectivity index (χ0) is 21.2. The van der Waals surface area contributed by atoms with Gasteiger partial charge in [-0.25, -0.2) is 4.79 Å². The van der Waals surface area contributed by atoms with Crippen molar-refractivity contribution < 1.29 is 54.1 Å². The molecule has 2 heterocycles. The number of hydrogen-bond acceptors (Lipinski definition) is 10. The molecule has 12 heteroatoms. The van der Waals surface area contributed by atoms with Crippen molar-refractivity contribution in [1.82, 2.24) is 5.32 Å². The van der Waals surface area contributed by atoms with Gasteiger partial charge in [0, 0.05) is 14.0 Å². The van der Waals surface area contributed by atoms with Gasteiger partial charge in [0.2, 0.25) is 5.91 Å². The summed E-state index contributed by atoms with van der Waals surface area (Å²) in [6.07, 6.45) is -12.4. The quantitative estimate of drug-likeness (QED) is 0.256. The molecule has 6 N–H and O–H groups in total. The molecule has 28 heavy (non-hydrogen) atoms. The third-order valence-corrected chi connectivity index (χ3v) is 4.87. The zero-order valence-corrected chi connectivity index (χ0v) is 15.7. The second-order valence-electron chi connectivity index (χ2n) is 6.82. The predicted octanol–water partition coefficient (Wildman–Crippen LogP) is -3.44. The van der Waals surface area contributed by atoms with Crippen LogP contribution in [0, 0.1) is 0 Å². The number of carbonyl (C=O) groups is 2. The molecule has 0 aliphatic carbocycles. The summed E-state index contributed by atoms with van der Waals surface area (Å²) >= 11 is 0. The fourth-order valence-electron chi connectivity index (χ4n) is 3.45. The summed E-state index contributed by atoms with van der Waals surface area (Å²) in [5, 5.41) is 52.2. The van der Waals surface area contributed by atoms with Gasteiger partial charge in [-0.15, -0.1) is 0 Å². The minimum absolute atomic E-state index is 0.447. The Morgan fingerprint density at radius 1 is 1.07 bits per heavy atom. The number of carbonyl (C=O) groups excluding carboxylic acids is 1. The number of carboxylic acid groups (broad SMARTS) is 1. The molecule has 0 spiro atoms. The Kier molecular flexibility index (Phi) is 7.70. The third kappa shape index (κ3) is 4.60. The van der Waals surface area contributed by atoms with Crippen LogP contribution in [0.1, 0.15) is 13.8 Å². The first-order valence-electron chi connectivity index (χ1n) is 8.76. The zero-order valence-electron chi connectivity index (χ0n) is 15.7. The van der Waals surface area contributed by atoms with Crippen molar-refractivity contribution in [2.45, 2.75) is 75.0 Å². The van der Waals surface area contributed by atoms with Crippen LogP contribution in [-0.2, 0) is 28.5 Å². The van der Waals surface area contributed by atoms with E-state index in [2.05, 4.69) is 5.32 Å². The normalized spacial score (nSPS) is 44.1. The van der Waals surface area contributed by atoms with Crippen LogP contribution in [0.5, 0.6) is 0 Å². The van der Waals surface area contributed by atoms with Crippen LogP contribution in [0.3, 0.4) is 0 Å². The molecule has 0 saturated carbocycles. The Morgan fingerprint density at radius 2 is 1.71 bits per heavy atom. The fraction of sp³-hybridized carbons (Fsp3) is 0.875. The second-order valence-corrected chi connectivity index (χ2v) is 6.82. The first-order chi connectivity index (χ1) is 13.1. The highest BCUT2D eigenvalue weighted by molar-refractivity contribution is 5.73. The van der Waals surface area contributed by atoms with Crippen LogP contribution < -0.4 is 5.32 Å². The van der Waals surface area contributed by atoms with Gasteiger partial charge in [-0.05, 0) is 6.92 Å². The molecule has 10 atom stereocenters. The minimum Gasteiger partial charge on any atom is -0.479 e. The number of aliphatic hydroxyl groups is 4. The van der Waals surface area contributed by atoms with E-state index in [9.17, 15) is 35.1 Å². The fourth-order valence-corrected chi connectivity index (χ4v) is 3.45. The molecule has 0 unspecified atom stereocenters. The molecule has 162 valence electrons. The Hall–Kier alpha value is -1.38. The molecule has 2 rings (SSSR count). The summed E-state index contributed by atoms with van der Waals surface area (Å²) in [6.45, 7) is 2.28. The number of hydrogen-bond donors (Lipinski definition) is 6. The highest BCUT2D eigenvalue weighted by Gasteiger charge is 2.52. The Morgan fingerprint density at radius 3 is 2.21 bits per heavy atom. The molecule has 0 aromatic rings. The van der Waals surface area contributed by atoms with Crippen molar-refractivity contribution in [2.24, 2.45) is 0 Å². The van der Waals surface area contributed by atoms with E-state index < -0.39 is 79.6 Å². The molecule has 0 aromatic heterocycles. The SMILES string of the molecule is CO[C@@H]1[C@@H](O)[C@H](O)[C@@H](O[C@@H]2[C@@H](O)[C@@H](CO)O[C@H](C)[C@H]2NC(C)=O)O[C@H]1C(=O)O. The first kappa shape index (κ1) is 22.9. The van der Waals surface area contributed by atoms with Gasteiger partial charge >= 0.3 is 5.97 Å². The van der Waals surface area contributed by atoms with Crippen LogP contribution in [0.4, 0.5) is 0 Å². The van der Waals surface area contributed by atoms with Crippen molar-refractivity contribution in [2.75, 3.05) is 13.7 Å². The molecule has 1 amide bonds. The van der Waals surface area contributed by atoms with Crippen molar-refractivity contribution in [3.63, 3.8) is 0 Å². The van der Waals surface area contributed by atoms with Gasteiger partial charge in [0.05, 0.1) is 18.8 Å². The summed E-state index contributed by atoms with van der Waals surface area (Å²) in [7, 11) is 1.16. The van der Waals surface area contributed by atoms with Gasteiger partial charge in [-0.1, -0.05) is 0 Å². The van der Waals surface area contributed by atoms with Gasteiger partial charge in [0.1, 0.15) is 36.6 Å². The average Bonchev–Trinajstić information content (AvgIpc) is 2.63. The lowest BCUT2D eigenvalue weighted by atomic mass is 9.92. The van der Waals surface area contributed by atoms with Crippen LogP contribution in [-0.4, -0.2) is 112 Å². The number of rotatable bonds is 6. The average molecular weight is 409 g/mol. The van der Waals surface area contributed by atoms with E-state index in [1.165, 1.54) is 6.92 Å². The Bertz CT molecular complexity index is 561. The van der Waals surface area contributed by atoms with E-state index in [1.807, 2.05) is 0 Å². The number of ether oxygens (including phenoxy) is 4. The lowest BCUT2D eigenvalue weighted by Crippen LogP contribution is -2.67. The van der Waals surface area contributed by atoms with E-state index in [0.29, 0.717) is 0 Å². The summed E-state index contributed by atoms with van der Waals surface area (Å²) in [4.78, 5) is 23.0. The number of methoxy groups -OCH3 is 1. The van der Waals surface area contributed by atoms with E-state index in [1.54, 1.807) is 6.92 Å². The number of aliphatic hydroxyl groups excluding tert-OH is 4. The van der Waals surface area contributed by atoms with Gasteiger partial charge < -0.3 is 49.8 Å². The van der Waals surface area contributed by atoms with Crippen molar-refractivity contribution in [3.8, 4) is 0 Å². The molecular weight excluding hydrogens is 382 g/mol. The smallest absolute Gasteiger partial charge is 0.335 e. The van der Waals surface area contributed by atoms with E-state index >= 15 is 0 Å². The molecule has 0 radical (unpaired) electrons. The lowest BCUT2D eigenvalue weighted by molar-refractivity contribution is -0.327. The molecule has 12 nitrogen and oxygen atoms in total. The first-order valence-corrected chi connectivity index (χ1v) is 8.76. The summed E-state index contributed by atoms with van der Waals surface area (Å²) in [6, 6.07) is -0.897. The molecule has 2 saturated heterocycles. The number of nitrogens with one attached hydrogen (secondary N) is 1. The topological polar surface area (TPSA) is 184 Å². The molecular formula is C16H27NO11. The predicted molar refractivity (Wildman–Crippen MR) is 89.0 cm³/mol. The highest BCUT2D eigenvalue weighted by atomic mass is 16.7. The third-order valence-electron chi connectivity index (χ3n) is 4.87. The van der Waals surface area contributed by atoms with Crippen LogP contribution in [0.25, 0.3) is 0 Å². The highest BCUT2D eigenvalue weighted by Crippen LogP contribution is 2.30. The van der Waals surface area contributed by atoms with Gasteiger partial charge in [0.15, 0.2) is 12.4 Å². The van der Waals surface area contributed by atoms with Gasteiger partial charge in [-0.2, -0.15) is 0 Å². The Labute approximate surface area is 160 Å². The maximum absolute atomic E-state index is 11.5. The number of amides is 1. The van der Waals surface area contributed by atoms with Crippen LogP contribution in [0.15, 0.2) is 0 Å². The van der Waals surface area contributed by atoms with Crippen molar-refractivity contribution in [3.05, 3.63) is 0 Å². The molecule has 0 bridgehead atoms. The molecule has 2 fully saturated rings. The lowest BCUT2D eigenvalue weighted by Gasteiger charge is -2.47. The standard InChI is InChI=1S/C16H27NO11/c1-5-8(17-6(2)19)12(9(20)7(4-18)26-5)27-16-11(22)10(21)13(25-3)14(28-16)15(23)24/h5,7-14,16,18,20-22H,4H2,1-3H3,(H,17,19)(H,23,24)/t5-,7-,8-,9+,10+,11+,12+,13-,14-,16+/m1/s1. The van der Waals surface area contributed by atoms with E-state index in [4.69, 9.17) is 18.9 Å².